The zero-order valence-corrected chi connectivity index (χ0v) is 13.1. The van der Waals surface area contributed by atoms with E-state index in [-0.39, 0.29) is 12.0 Å². The monoisotopic (exact) mass is 293 g/mol. The third kappa shape index (κ3) is 3.62. The highest BCUT2D eigenvalue weighted by molar-refractivity contribution is 5.69. The number of carbonyl (C=O) groups excluding carboxylic acids is 2. The van der Waals surface area contributed by atoms with Crippen molar-refractivity contribution in [3.8, 4) is 0 Å². The molecule has 0 aromatic carbocycles. The Hall–Kier alpha value is -1.85. The smallest absolute Gasteiger partial charge is 0.410 e. The van der Waals surface area contributed by atoms with E-state index in [1.165, 1.54) is 0 Å². The topological polar surface area (TPSA) is 64.4 Å². The molecule has 0 saturated carbocycles. The van der Waals surface area contributed by atoms with Crippen molar-refractivity contribution in [1.82, 2.24) is 14.7 Å². The summed E-state index contributed by atoms with van der Waals surface area (Å²) in [6, 6.07) is 0. The molecule has 1 aromatic rings. The predicted molar refractivity (Wildman–Crippen MR) is 78.0 cm³/mol. The van der Waals surface area contributed by atoms with Gasteiger partial charge in [0.15, 0.2) is 0 Å². The van der Waals surface area contributed by atoms with Crippen LogP contribution in [-0.2, 0) is 22.6 Å². The number of carbonyl (C=O) groups is 2. The average molecular weight is 293 g/mol. The summed E-state index contributed by atoms with van der Waals surface area (Å²) >= 11 is 0. The number of nitrogens with zero attached hydrogens (tertiary/aromatic N) is 3. The van der Waals surface area contributed by atoms with Gasteiger partial charge in [-0.05, 0) is 27.7 Å². The predicted octanol–water partition coefficient (Wildman–Crippen LogP) is 2.33. The number of hydrogen-bond acceptors (Lipinski definition) is 4. The number of aldehydes is 1. The normalized spacial score (nSPS) is 18.3. The van der Waals surface area contributed by atoms with Crippen molar-refractivity contribution in [2.45, 2.75) is 58.7 Å². The lowest BCUT2D eigenvalue weighted by Gasteiger charge is -2.32. The van der Waals surface area contributed by atoms with Crippen LogP contribution < -0.4 is 0 Å². The van der Waals surface area contributed by atoms with Crippen LogP contribution in [-0.4, -0.2) is 39.2 Å². The number of amides is 1. The average Bonchev–Trinajstić information content (AvgIpc) is 2.80. The lowest BCUT2D eigenvalue weighted by molar-refractivity contribution is -0.108. The molecule has 0 aliphatic carbocycles. The zero-order valence-electron chi connectivity index (χ0n) is 13.1. The second kappa shape index (κ2) is 5.87. The molecule has 1 aliphatic heterocycles. The molecule has 1 amide bonds. The van der Waals surface area contributed by atoms with Gasteiger partial charge in [-0.15, -0.1) is 0 Å². The molecule has 1 unspecified atom stereocenters. The van der Waals surface area contributed by atoms with Gasteiger partial charge in [-0.2, -0.15) is 5.10 Å². The first-order valence-electron chi connectivity index (χ1n) is 7.31. The first kappa shape index (κ1) is 15.5. The molecular formula is C15H23N3O3. The molecule has 2 rings (SSSR count). The van der Waals surface area contributed by atoms with Crippen LogP contribution in [0.25, 0.3) is 0 Å². The van der Waals surface area contributed by atoms with E-state index in [0.717, 1.165) is 24.1 Å². The zero-order chi connectivity index (χ0) is 15.6. The van der Waals surface area contributed by atoms with Crippen molar-refractivity contribution in [3.05, 3.63) is 17.5 Å². The maximum absolute atomic E-state index is 12.2. The molecular weight excluding hydrogens is 270 g/mol. The Morgan fingerprint density at radius 3 is 2.81 bits per heavy atom. The van der Waals surface area contributed by atoms with Crippen LogP contribution in [0.15, 0.2) is 6.20 Å². The Balaban J connectivity index is 2.21. The summed E-state index contributed by atoms with van der Waals surface area (Å²) in [4.78, 5) is 24.8. The van der Waals surface area contributed by atoms with E-state index in [0.29, 0.717) is 19.5 Å². The highest BCUT2D eigenvalue weighted by Crippen LogP contribution is 2.30. The molecule has 1 aromatic heterocycles. The number of ether oxygens (including phenoxy) is 1. The minimum Gasteiger partial charge on any atom is -0.444 e. The van der Waals surface area contributed by atoms with Crippen LogP contribution in [0.1, 0.15) is 51.3 Å². The van der Waals surface area contributed by atoms with E-state index in [1.54, 1.807) is 4.90 Å². The fraction of sp³-hybridized carbons (Fsp3) is 0.667. The molecule has 21 heavy (non-hydrogen) atoms. The van der Waals surface area contributed by atoms with Gasteiger partial charge in [0.25, 0.3) is 0 Å². The summed E-state index contributed by atoms with van der Waals surface area (Å²) in [5, 5.41) is 4.52. The van der Waals surface area contributed by atoms with Crippen LogP contribution in [0.4, 0.5) is 4.79 Å². The van der Waals surface area contributed by atoms with Crippen molar-refractivity contribution in [1.29, 1.82) is 0 Å². The van der Waals surface area contributed by atoms with Gasteiger partial charge in [0.1, 0.15) is 11.9 Å². The molecule has 0 N–H and O–H groups in total. The molecule has 0 radical (unpaired) electrons. The maximum Gasteiger partial charge on any atom is 0.410 e. The van der Waals surface area contributed by atoms with Crippen molar-refractivity contribution in [3.63, 3.8) is 0 Å². The molecule has 0 saturated heterocycles. The third-order valence-electron chi connectivity index (χ3n) is 3.42. The van der Waals surface area contributed by atoms with E-state index in [1.807, 2.05) is 38.6 Å². The van der Waals surface area contributed by atoms with Crippen molar-refractivity contribution in [2.75, 3.05) is 6.54 Å². The minimum atomic E-state index is -0.523. The largest absolute Gasteiger partial charge is 0.444 e. The van der Waals surface area contributed by atoms with Gasteiger partial charge < -0.3 is 14.4 Å². The summed E-state index contributed by atoms with van der Waals surface area (Å²) in [5.41, 5.74) is 1.41. The second-order valence-electron chi connectivity index (χ2n) is 6.36. The molecule has 6 heteroatoms. The van der Waals surface area contributed by atoms with E-state index >= 15 is 0 Å². The van der Waals surface area contributed by atoms with Gasteiger partial charge in [-0.25, -0.2) is 4.79 Å². The van der Waals surface area contributed by atoms with Crippen LogP contribution in [0.2, 0.25) is 0 Å². The fourth-order valence-corrected chi connectivity index (χ4v) is 2.50. The van der Waals surface area contributed by atoms with E-state index in [2.05, 4.69) is 5.10 Å². The van der Waals surface area contributed by atoms with E-state index in [9.17, 15) is 9.59 Å². The van der Waals surface area contributed by atoms with Crippen LogP contribution >= 0.6 is 0 Å². The van der Waals surface area contributed by atoms with E-state index < -0.39 is 5.60 Å². The number of hydrogen-bond donors (Lipinski definition) is 0. The van der Waals surface area contributed by atoms with Crippen molar-refractivity contribution < 1.29 is 14.3 Å². The van der Waals surface area contributed by atoms with Gasteiger partial charge in [-0.3, -0.25) is 4.68 Å². The highest BCUT2D eigenvalue weighted by atomic mass is 16.6. The molecule has 1 atom stereocenters. The van der Waals surface area contributed by atoms with Gasteiger partial charge in [0.05, 0.1) is 12.2 Å². The minimum absolute atomic E-state index is 0.0495. The quantitative estimate of drug-likeness (QED) is 0.802. The summed E-state index contributed by atoms with van der Waals surface area (Å²) in [6.07, 6.45) is 2.86. The number of fused-ring (bicyclic) bond motifs is 1. The van der Waals surface area contributed by atoms with Crippen molar-refractivity contribution >= 4 is 12.4 Å². The lowest BCUT2D eigenvalue weighted by Crippen LogP contribution is -2.41. The van der Waals surface area contributed by atoms with Crippen molar-refractivity contribution in [2.24, 2.45) is 0 Å². The highest BCUT2D eigenvalue weighted by Gasteiger charge is 2.32. The Labute approximate surface area is 125 Å². The Morgan fingerprint density at radius 2 is 2.24 bits per heavy atom. The summed E-state index contributed by atoms with van der Waals surface area (Å²) < 4.78 is 7.27. The molecule has 0 fully saturated rings. The van der Waals surface area contributed by atoms with Gasteiger partial charge in [-0.1, -0.05) is 0 Å². The third-order valence-corrected chi connectivity index (χ3v) is 3.42. The van der Waals surface area contributed by atoms with Gasteiger partial charge in [0, 0.05) is 37.2 Å². The van der Waals surface area contributed by atoms with E-state index in [4.69, 9.17) is 4.74 Å². The molecule has 0 spiro atoms. The van der Waals surface area contributed by atoms with Crippen LogP contribution in [0.5, 0.6) is 0 Å². The fourth-order valence-electron chi connectivity index (χ4n) is 2.50. The first-order chi connectivity index (χ1) is 9.84. The number of rotatable bonds is 3. The molecule has 1 aliphatic rings. The SMILES string of the molecule is CCn1cc2c(n1)C(CC=O)CN(C(=O)OC(C)(C)C)C2. The van der Waals surface area contributed by atoms with Gasteiger partial charge >= 0.3 is 6.09 Å². The summed E-state index contributed by atoms with van der Waals surface area (Å²) in [6.45, 7) is 9.28. The van der Waals surface area contributed by atoms with Crippen LogP contribution in [0, 0.1) is 0 Å². The molecule has 2 heterocycles. The first-order valence-corrected chi connectivity index (χ1v) is 7.31. The summed E-state index contributed by atoms with van der Waals surface area (Å²) in [5.74, 6) is -0.0495. The molecule has 116 valence electrons. The molecule has 0 bridgehead atoms. The maximum atomic E-state index is 12.2. The number of aromatic nitrogens is 2. The molecule has 6 nitrogen and oxygen atoms in total. The van der Waals surface area contributed by atoms with Gasteiger partial charge in [0.2, 0.25) is 0 Å². The standard InChI is InChI=1S/C15H23N3O3/c1-5-18-10-12-9-17(14(20)21-15(2,3)4)8-11(6-7-19)13(12)16-18/h7,10-11H,5-6,8-9H2,1-4H3. The lowest BCUT2D eigenvalue weighted by atomic mass is 9.94. The van der Waals surface area contributed by atoms with Crippen LogP contribution in [0.3, 0.4) is 0 Å². The number of aryl methyl sites for hydroxylation is 1. The second-order valence-corrected chi connectivity index (χ2v) is 6.36. The Bertz CT molecular complexity index is 531. The summed E-state index contributed by atoms with van der Waals surface area (Å²) in [7, 11) is 0. The Morgan fingerprint density at radius 1 is 1.52 bits per heavy atom. The Kier molecular flexibility index (Phi) is 4.34.